The first-order chi connectivity index (χ1) is 14.5. The summed E-state index contributed by atoms with van der Waals surface area (Å²) in [6, 6.07) is 13.4. The molecule has 2 amide bonds. The van der Waals surface area contributed by atoms with Gasteiger partial charge < -0.3 is 4.74 Å². The molecule has 1 aliphatic heterocycles. The van der Waals surface area contributed by atoms with E-state index in [1.165, 1.54) is 6.20 Å². The molecular weight excluding hydrogens is 416 g/mol. The molecule has 31 heavy (non-hydrogen) atoms. The summed E-state index contributed by atoms with van der Waals surface area (Å²) in [4.78, 5) is 25.9. The molecule has 0 spiro atoms. The second-order valence-corrected chi connectivity index (χ2v) is 10.0. The molecule has 1 aliphatic rings. The van der Waals surface area contributed by atoms with Gasteiger partial charge in [0.15, 0.2) is 0 Å². The lowest BCUT2D eigenvalue weighted by Crippen LogP contribution is -2.39. The molecule has 164 valence electrons. The summed E-state index contributed by atoms with van der Waals surface area (Å²) >= 11 is 0. The predicted octanol–water partition coefficient (Wildman–Crippen LogP) is 4.69. The second kappa shape index (κ2) is 8.55. The van der Waals surface area contributed by atoms with Gasteiger partial charge in [-0.2, -0.15) is 0 Å². The van der Waals surface area contributed by atoms with E-state index in [2.05, 4.69) is 4.72 Å². The van der Waals surface area contributed by atoms with Crippen molar-refractivity contribution in [3.05, 3.63) is 65.9 Å². The maximum Gasteiger partial charge on any atom is 0.421 e. The molecule has 3 rings (SSSR count). The Bertz CT molecular complexity index is 1130. The van der Waals surface area contributed by atoms with E-state index in [0.717, 1.165) is 10.5 Å². The van der Waals surface area contributed by atoms with E-state index in [9.17, 15) is 18.0 Å². The number of benzene rings is 2. The van der Waals surface area contributed by atoms with Crippen LogP contribution in [0, 0.1) is 6.92 Å². The minimum absolute atomic E-state index is 0.115. The Balaban J connectivity index is 1.93. The van der Waals surface area contributed by atoms with Gasteiger partial charge in [0.25, 0.3) is 10.0 Å². The highest BCUT2D eigenvalue weighted by Gasteiger charge is 2.30. The normalized spacial score (nSPS) is 14.8. The van der Waals surface area contributed by atoms with Crippen LogP contribution in [-0.4, -0.2) is 30.9 Å². The van der Waals surface area contributed by atoms with Crippen molar-refractivity contribution < 1.29 is 22.7 Å². The number of allylic oxidation sites excluding steroid dienone is 1. The SMILES string of the molecule is Cc1ccc(S(=O)(=O)Nc2ccccc2C2=CN(C(=O)OC(C)(C)C)C(=O)CC2)cc1. The number of anilines is 1. The van der Waals surface area contributed by atoms with Gasteiger partial charge in [-0.05, 0) is 57.9 Å². The van der Waals surface area contributed by atoms with Crippen molar-refractivity contribution in [1.82, 2.24) is 4.90 Å². The standard InChI is InChI=1S/C23H26N2O5S/c1-16-9-12-18(13-10-16)31(28,29)24-20-8-6-5-7-19(20)17-11-14-21(26)25(15-17)22(27)30-23(2,3)4/h5-10,12-13,15,24H,11,14H2,1-4H3. The summed E-state index contributed by atoms with van der Waals surface area (Å²) in [5.41, 5.74) is 1.84. The Morgan fingerprint density at radius 2 is 1.68 bits per heavy atom. The fraction of sp³-hybridized carbons (Fsp3) is 0.304. The molecule has 0 aliphatic carbocycles. The summed E-state index contributed by atoms with van der Waals surface area (Å²) in [5.74, 6) is -0.365. The fourth-order valence-electron chi connectivity index (χ4n) is 3.10. The number of sulfonamides is 1. The summed E-state index contributed by atoms with van der Waals surface area (Å²) < 4.78 is 33.7. The Labute approximate surface area is 182 Å². The first kappa shape index (κ1) is 22.6. The third-order valence-corrected chi connectivity index (χ3v) is 5.98. The van der Waals surface area contributed by atoms with Crippen LogP contribution >= 0.6 is 0 Å². The van der Waals surface area contributed by atoms with Gasteiger partial charge in [-0.15, -0.1) is 0 Å². The van der Waals surface area contributed by atoms with Gasteiger partial charge in [0, 0.05) is 18.2 Å². The van der Waals surface area contributed by atoms with Crippen LogP contribution in [0.4, 0.5) is 10.5 Å². The number of para-hydroxylation sites is 1. The van der Waals surface area contributed by atoms with E-state index in [1.807, 2.05) is 6.92 Å². The number of amides is 2. The number of aryl methyl sites for hydroxylation is 1. The predicted molar refractivity (Wildman–Crippen MR) is 119 cm³/mol. The zero-order valence-electron chi connectivity index (χ0n) is 18.0. The lowest BCUT2D eigenvalue weighted by Gasteiger charge is -2.27. The van der Waals surface area contributed by atoms with Crippen molar-refractivity contribution in [1.29, 1.82) is 0 Å². The Hall–Kier alpha value is -3.13. The lowest BCUT2D eigenvalue weighted by molar-refractivity contribution is -0.128. The quantitative estimate of drug-likeness (QED) is 0.741. The average Bonchev–Trinajstić information content (AvgIpc) is 2.67. The number of carbonyl (C=O) groups is 2. The number of imide groups is 1. The van der Waals surface area contributed by atoms with Gasteiger partial charge in [-0.25, -0.2) is 18.1 Å². The molecule has 2 aromatic rings. The van der Waals surface area contributed by atoms with Gasteiger partial charge in [0.1, 0.15) is 5.60 Å². The zero-order valence-corrected chi connectivity index (χ0v) is 18.8. The highest BCUT2D eigenvalue weighted by atomic mass is 32.2. The van der Waals surface area contributed by atoms with E-state index in [0.29, 0.717) is 23.2 Å². The minimum Gasteiger partial charge on any atom is -0.443 e. The van der Waals surface area contributed by atoms with Gasteiger partial charge in [-0.3, -0.25) is 9.52 Å². The van der Waals surface area contributed by atoms with Gasteiger partial charge in [0.05, 0.1) is 10.6 Å². The number of hydrogen-bond donors (Lipinski definition) is 1. The molecule has 0 saturated carbocycles. The summed E-state index contributed by atoms with van der Waals surface area (Å²) in [6.45, 7) is 7.05. The smallest absolute Gasteiger partial charge is 0.421 e. The van der Waals surface area contributed by atoms with E-state index in [1.54, 1.807) is 69.3 Å². The Morgan fingerprint density at radius 3 is 2.32 bits per heavy atom. The Kier molecular flexibility index (Phi) is 6.22. The van der Waals surface area contributed by atoms with Crippen molar-refractivity contribution in [3.63, 3.8) is 0 Å². The molecular formula is C23H26N2O5S. The number of ether oxygens (including phenoxy) is 1. The molecule has 0 saturated heterocycles. The number of rotatable bonds is 4. The topological polar surface area (TPSA) is 92.8 Å². The Morgan fingerprint density at radius 1 is 1.03 bits per heavy atom. The molecule has 8 heteroatoms. The molecule has 0 fully saturated rings. The van der Waals surface area contributed by atoms with Gasteiger partial charge in [-0.1, -0.05) is 35.9 Å². The van der Waals surface area contributed by atoms with Crippen LogP contribution in [0.2, 0.25) is 0 Å². The number of nitrogens with one attached hydrogen (secondary N) is 1. The molecule has 7 nitrogen and oxygen atoms in total. The number of carbonyl (C=O) groups excluding carboxylic acids is 2. The van der Waals surface area contributed by atoms with Crippen molar-refractivity contribution in [2.45, 2.75) is 51.0 Å². The van der Waals surface area contributed by atoms with Gasteiger partial charge >= 0.3 is 6.09 Å². The summed E-state index contributed by atoms with van der Waals surface area (Å²) in [7, 11) is -3.81. The van der Waals surface area contributed by atoms with Crippen LogP contribution in [0.1, 0.15) is 44.7 Å². The average molecular weight is 443 g/mol. The molecule has 0 bridgehead atoms. The van der Waals surface area contributed by atoms with Crippen molar-refractivity contribution in [2.75, 3.05) is 4.72 Å². The molecule has 0 radical (unpaired) electrons. The molecule has 2 aromatic carbocycles. The van der Waals surface area contributed by atoms with Crippen LogP contribution in [0.5, 0.6) is 0 Å². The van der Waals surface area contributed by atoms with Crippen molar-refractivity contribution in [2.24, 2.45) is 0 Å². The molecule has 1 heterocycles. The van der Waals surface area contributed by atoms with Crippen LogP contribution in [0.3, 0.4) is 0 Å². The van der Waals surface area contributed by atoms with Crippen molar-refractivity contribution >= 4 is 33.3 Å². The summed E-state index contributed by atoms with van der Waals surface area (Å²) in [6.07, 6.45) is 1.16. The molecule has 1 N–H and O–H groups in total. The van der Waals surface area contributed by atoms with Gasteiger partial charge in [0.2, 0.25) is 5.91 Å². The van der Waals surface area contributed by atoms with Crippen LogP contribution in [-0.2, 0) is 19.6 Å². The second-order valence-electron chi connectivity index (χ2n) is 8.36. The van der Waals surface area contributed by atoms with E-state index in [-0.39, 0.29) is 17.2 Å². The summed E-state index contributed by atoms with van der Waals surface area (Å²) in [5, 5.41) is 0. The number of nitrogens with zero attached hydrogens (tertiary/aromatic N) is 1. The van der Waals surface area contributed by atoms with E-state index >= 15 is 0 Å². The lowest BCUT2D eigenvalue weighted by atomic mass is 9.97. The maximum atomic E-state index is 12.9. The van der Waals surface area contributed by atoms with E-state index in [4.69, 9.17) is 4.74 Å². The molecule has 0 atom stereocenters. The fourth-order valence-corrected chi connectivity index (χ4v) is 4.18. The first-order valence-electron chi connectivity index (χ1n) is 9.91. The van der Waals surface area contributed by atoms with Crippen molar-refractivity contribution in [3.8, 4) is 0 Å². The number of hydrogen-bond acceptors (Lipinski definition) is 5. The highest BCUT2D eigenvalue weighted by Crippen LogP contribution is 2.32. The monoisotopic (exact) mass is 442 g/mol. The molecule has 0 aromatic heterocycles. The van der Waals surface area contributed by atoms with Crippen LogP contribution in [0.25, 0.3) is 5.57 Å². The maximum absolute atomic E-state index is 12.9. The third-order valence-electron chi connectivity index (χ3n) is 4.60. The highest BCUT2D eigenvalue weighted by molar-refractivity contribution is 7.92. The first-order valence-corrected chi connectivity index (χ1v) is 11.4. The zero-order chi connectivity index (χ0) is 22.8. The molecule has 0 unspecified atom stereocenters. The van der Waals surface area contributed by atoms with E-state index < -0.39 is 21.7 Å². The largest absolute Gasteiger partial charge is 0.443 e. The minimum atomic E-state index is -3.81. The third kappa shape index (κ3) is 5.52. The van der Waals surface area contributed by atoms with Crippen LogP contribution in [0.15, 0.2) is 59.6 Å². The van der Waals surface area contributed by atoms with Crippen LogP contribution < -0.4 is 4.72 Å².